The number of rotatable bonds is 8. The molecule has 2 heterocycles. The predicted molar refractivity (Wildman–Crippen MR) is 134 cm³/mol. The van der Waals surface area contributed by atoms with E-state index in [1.54, 1.807) is 27.9 Å². The van der Waals surface area contributed by atoms with Gasteiger partial charge in [-0.05, 0) is 42.7 Å². The summed E-state index contributed by atoms with van der Waals surface area (Å²) < 4.78 is 1.76. The Kier molecular flexibility index (Phi) is 7.51. The molecule has 3 aromatic rings. The van der Waals surface area contributed by atoms with Crippen molar-refractivity contribution in [3.8, 4) is 6.07 Å². The van der Waals surface area contributed by atoms with Crippen LogP contribution in [0.3, 0.4) is 0 Å². The molecule has 1 amide bonds. The van der Waals surface area contributed by atoms with Crippen LogP contribution < -0.4 is 5.56 Å². The number of aryl methyl sites for hydroxylation is 2. The molecular weight excluding hydrogens is 452 g/mol. The molecule has 0 fully saturated rings. The first-order valence-corrected chi connectivity index (χ1v) is 13.1. The number of carbonyl (C=O) groups is 1. The standard InChI is InChI=1S/C25H28N4O2S2/c1-17-9-10-19-20(15-17)33-23-22(19)24(31)29(14-11-18-7-4-3-5-8-18)25(27-23)32-16-21(30)28(2)13-6-12-26/h3-5,7-8,17H,6,9-11,13-16H2,1-2H3. The molecule has 2 aromatic heterocycles. The highest BCUT2D eigenvalue weighted by molar-refractivity contribution is 7.99. The molecule has 1 aliphatic carbocycles. The minimum atomic E-state index is -0.0708. The van der Waals surface area contributed by atoms with Gasteiger partial charge in [-0.1, -0.05) is 49.0 Å². The van der Waals surface area contributed by atoms with Crippen molar-refractivity contribution < 1.29 is 4.79 Å². The molecule has 0 radical (unpaired) electrons. The highest BCUT2D eigenvalue weighted by Gasteiger charge is 2.25. The van der Waals surface area contributed by atoms with Crippen LogP contribution in [0, 0.1) is 17.2 Å². The molecule has 8 heteroatoms. The van der Waals surface area contributed by atoms with Crippen LogP contribution in [-0.4, -0.2) is 39.7 Å². The van der Waals surface area contributed by atoms with Gasteiger partial charge in [0.05, 0.1) is 23.6 Å². The molecule has 6 nitrogen and oxygen atoms in total. The van der Waals surface area contributed by atoms with Gasteiger partial charge >= 0.3 is 0 Å². The fourth-order valence-electron chi connectivity index (χ4n) is 4.18. The van der Waals surface area contributed by atoms with E-state index in [1.807, 2.05) is 18.2 Å². The summed E-state index contributed by atoms with van der Waals surface area (Å²) in [5.74, 6) is 0.743. The molecule has 33 heavy (non-hydrogen) atoms. The number of thiophene rings is 1. The summed E-state index contributed by atoms with van der Waals surface area (Å²) in [5.41, 5.74) is 2.35. The van der Waals surface area contributed by atoms with Crippen molar-refractivity contribution in [2.75, 3.05) is 19.3 Å². The number of fused-ring (bicyclic) bond motifs is 3. The molecular formula is C25H28N4O2S2. The Morgan fingerprint density at radius 3 is 2.91 bits per heavy atom. The van der Waals surface area contributed by atoms with Crippen molar-refractivity contribution in [1.29, 1.82) is 5.26 Å². The second kappa shape index (κ2) is 10.5. The molecule has 0 bridgehead atoms. The van der Waals surface area contributed by atoms with Crippen LogP contribution in [0.2, 0.25) is 0 Å². The zero-order chi connectivity index (χ0) is 23.4. The van der Waals surface area contributed by atoms with Crippen LogP contribution in [-0.2, 0) is 30.6 Å². The Morgan fingerprint density at radius 2 is 2.15 bits per heavy atom. The minimum absolute atomic E-state index is 0.00997. The third-order valence-corrected chi connectivity index (χ3v) is 8.27. The highest BCUT2D eigenvalue weighted by Crippen LogP contribution is 2.36. The summed E-state index contributed by atoms with van der Waals surface area (Å²) in [7, 11) is 1.70. The zero-order valence-electron chi connectivity index (χ0n) is 19.0. The van der Waals surface area contributed by atoms with E-state index in [-0.39, 0.29) is 17.2 Å². The quantitative estimate of drug-likeness (QED) is 0.355. The monoisotopic (exact) mass is 480 g/mol. The van der Waals surface area contributed by atoms with Gasteiger partial charge in [0.2, 0.25) is 5.91 Å². The van der Waals surface area contributed by atoms with E-state index in [9.17, 15) is 9.59 Å². The summed E-state index contributed by atoms with van der Waals surface area (Å²) in [6, 6.07) is 12.2. The largest absolute Gasteiger partial charge is 0.344 e. The maximum Gasteiger partial charge on any atom is 0.263 e. The van der Waals surface area contributed by atoms with Crippen molar-refractivity contribution in [3.05, 3.63) is 56.7 Å². The van der Waals surface area contributed by atoms with Crippen molar-refractivity contribution in [1.82, 2.24) is 14.5 Å². The predicted octanol–water partition coefficient (Wildman–Crippen LogP) is 4.29. The number of hydrogen-bond acceptors (Lipinski definition) is 6. The number of nitriles is 1. The Morgan fingerprint density at radius 1 is 1.36 bits per heavy atom. The summed E-state index contributed by atoms with van der Waals surface area (Å²) in [6.07, 6.45) is 4.06. The molecule has 0 saturated carbocycles. The first kappa shape index (κ1) is 23.5. The van der Waals surface area contributed by atoms with Crippen LogP contribution in [0.15, 0.2) is 40.3 Å². The fourth-order valence-corrected chi connectivity index (χ4v) is 6.57. The van der Waals surface area contributed by atoms with Gasteiger partial charge in [0.25, 0.3) is 5.56 Å². The molecule has 1 unspecified atom stereocenters. The van der Waals surface area contributed by atoms with E-state index in [4.69, 9.17) is 10.2 Å². The van der Waals surface area contributed by atoms with Crippen LogP contribution >= 0.6 is 23.1 Å². The van der Waals surface area contributed by atoms with Gasteiger partial charge in [-0.15, -0.1) is 11.3 Å². The summed E-state index contributed by atoms with van der Waals surface area (Å²) in [4.78, 5) is 34.8. The van der Waals surface area contributed by atoms with Crippen molar-refractivity contribution in [3.63, 3.8) is 0 Å². The summed E-state index contributed by atoms with van der Waals surface area (Å²) >= 11 is 2.95. The summed E-state index contributed by atoms with van der Waals surface area (Å²) in [6.45, 7) is 3.18. The van der Waals surface area contributed by atoms with Gasteiger partial charge in [-0.2, -0.15) is 5.26 Å². The number of carbonyl (C=O) groups excluding carboxylic acids is 1. The minimum Gasteiger partial charge on any atom is -0.344 e. The molecule has 0 aliphatic heterocycles. The van der Waals surface area contributed by atoms with Gasteiger partial charge in [0, 0.05) is 25.0 Å². The molecule has 1 aliphatic rings. The Labute approximate surface area is 202 Å². The number of hydrogen-bond donors (Lipinski definition) is 0. The van der Waals surface area contributed by atoms with Gasteiger partial charge in [-0.3, -0.25) is 14.2 Å². The fraction of sp³-hybridized carbons (Fsp3) is 0.440. The number of thioether (sulfide) groups is 1. The highest BCUT2D eigenvalue weighted by atomic mass is 32.2. The molecule has 172 valence electrons. The maximum atomic E-state index is 13.7. The van der Waals surface area contributed by atoms with E-state index >= 15 is 0 Å². The molecule has 1 aromatic carbocycles. The van der Waals surface area contributed by atoms with Gasteiger partial charge < -0.3 is 4.90 Å². The second-order valence-corrected chi connectivity index (χ2v) is 10.7. The molecule has 0 spiro atoms. The SMILES string of the molecule is CC1CCc2c(sc3nc(SCC(=O)N(C)CCC#N)n(CCc4ccccc4)c(=O)c23)C1. The van der Waals surface area contributed by atoms with Crippen LogP contribution in [0.25, 0.3) is 10.2 Å². The van der Waals surface area contributed by atoms with E-state index in [1.165, 1.54) is 22.2 Å². The first-order chi connectivity index (χ1) is 16.0. The van der Waals surface area contributed by atoms with Crippen LogP contribution in [0.5, 0.6) is 0 Å². The van der Waals surface area contributed by atoms with Crippen molar-refractivity contribution in [2.24, 2.45) is 5.92 Å². The average Bonchev–Trinajstić information content (AvgIpc) is 3.18. The smallest absolute Gasteiger partial charge is 0.263 e. The van der Waals surface area contributed by atoms with Crippen LogP contribution in [0.4, 0.5) is 0 Å². The van der Waals surface area contributed by atoms with Crippen molar-refractivity contribution >= 4 is 39.2 Å². The van der Waals surface area contributed by atoms with Gasteiger partial charge in [0.15, 0.2) is 5.16 Å². The van der Waals surface area contributed by atoms with Gasteiger partial charge in [-0.25, -0.2) is 4.98 Å². The maximum absolute atomic E-state index is 13.7. The molecule has 0 N–H and O–H groups in total. The average molecular weight is 481 g/mol. The first-order valence-electron chi connectivity index (χ1n) is 11.3. The Balaban J connectivity index is 1.66. The molecule has 4 rings (SSSR count). The number of aromatic nitrogens is 2. The molecule has 0 saturated heterocycles. The molecule has 1 atom stereocenters. The normalized spacial score (nSPS) is 15.2. The van der Waals surface area contributed by atoms with E-state index < -0.39 is 0 Å². The number of nitrogens with zero attached hydrogens (tertiary/aromatic N) is 4. The number of amides is 1. The summed E-state index contributed by atoms with van der Waals surface area (Å²) in [5, 5.41) is 10.1. The third-order valence-electron chi connectivity index (χ3n) is 6.16. The lowest BCUT2D eigenvalue weighted by molar-refractivity contribution is -0.127. The van der Waals surface area contributed by atoms with E-state index in [0.717, 1.165) is 41.5 Å². The van der Waals surface area contributed by atoms with E-state index in [0.29, 0.717) is 30.6 Å². The topological polar surface area (TPSA) is 79.0 Å². The van der Waals surface area contributed by atoms with Crippen molar-refractivity contribution in [2.45, 2.75) is 50.7 Å². The zero-order valence-corrected chi connectivity index (χ0v) is 20.7. The lowest BCUT2D eigenvalue weighted by Crippen LogP contribution is -2.30. The lowest BCUT2D eigenvalue weighted by atomic mass is 9.89. The van der Waals surface area contributed by atoms with Gasteiger partial charge in [0.1, 0.15) is 4.83 Å². The van der Waals surface area contributed by atoms with Crippen LogP contribution in [0.1, 0.15) is 35.8 Å². The lowest BCUT2D eigenvalue weighted by Gasteiger charge is -2.18. The third kappa shape index (κ3) is 5.31. The van der Waals surface area contributed by atoms with E-state index in [2.05, 4.69) is 25.1 Å². The Hall–Kier alpha value is -2.63. The second-order valence-electron chi connectivity index (χ2n) is 8.63. The number of benzene rings is 1. The Bertz CT molecular complexity index is 1240.